The molecule has 1 heterocycles. The van der Waals surface area contributed by atoms with Gasteiger partial charge in [-0.05, 0) is 49.1 Å². The molecule has 1 aliphatic rings. The van der Waals surface area contributed by atoms with Gasteiger partial charge < -0.3 is 9.84 Å². The van der Waals surface area contributed by atoms with E-state index in [-0.39, 0.29) is 18.0 Å². The minimum Gasteiger partial charge on any atom is -0.465 e. The number of benzene rings is 2. The van der Waals surface area contributed by atoms with Gasteiger partial charge in [-0.25, -0.2) is 4.79 Å². The number of rotatable bonds is 6. The molecule has 2 aromatic rings. The molecule has 1 N–H and O–H groups in total. The van der Waals surface area contributed by atoms with Crippen LogP contribution in [0.4, 0.5) is 0 Å². The van der Waals surface area contributed by atoms with Crippen LogP contribution < -0.4 is 0 Å². The van der Waals surface area contributed by atoms with E-state index in [2.05, 4.69) is 29.2 Å². The number of hydrogen-bond acceptors (Lipinski definition) is 4. The summed E-state index contributed by atoms with van der Waals surface area (Å²) in [5, 5.41) is 10.1. The number of piperidine rings is 1. The molecule has 1 unspecified atom stereocenters. The molecule has 26 heavy (non-hydrogen) atoms. The van der Waals surface area contributed by atoms with Gasteiger partial charge in [0.15, 0.2) is 0 Å². The Kier molecular flexibility index (Phi) is 6.07. The first-order valence-corrected chi connectivity index (χ1v) is 9.18. The molecule has 0 bridgehead atoms. The minimum absolute atomic E-state index is 0.0778. The molecule has 0 aliphatic carbocycles. The lowest BCUT2D eigenvalue weighted by molar-refractivity contribution is 0.0288. The van der Waals surface area contributed by atoms with Gasteiger partial charge in [-0.3, -0.25) is 4.90 Å². The van der Waals surface area contributed by atoms with E-state index in [4.69, 9.17) is 4.74 Å². The fraction of sp³-hybridized carbons (Fsp3) is 0.409. The van der Waals surface area contributed by atoms with Crippen LogP contribution in [0.25, 0.3) is 0 Å². The van der Waals surface area contributed by atoms with Gasteiger partial charge in [-0.15, -0.1) is 0 Å². The van der Waals surface area contributed by atoms with Crippen molar-refractivity contribution in [1.82, 2.24) is 4.90 Å². The largest absolute Gasteiger partial charge is 0.465 e. The Morgan fingerprint density at radius 2 is 1.85 bits per heavy atom. The quantitative estimate of drug-likeness (QED) is 0.810. The van der Waals surface area contributed by atoms with Crippen LogP contribution in [0.1, 0.15) is 34.3 Å². The second kappa shape index (κ2) is 8.47. The lowest BCUT2D eigenvalue weighted by Gasteiger charge is -2.42. The summed E-state index contributed by atoms with van der Waals surface area (Å²) in [5.41, 5.74) is 2.95. The van der Waals surface area contributed by atoms with Gasteiger partial charge in [0.25, 0.3) is 0 Å². The zero-order valence-corrected chi connectivity index (χ0v) is 15.4. The number of hydrogen-bond donors (Lipinski definition) is 1. The van der Waals surface area contributed by atoms with Gasteiger partial charge in [-0.2, -0.15) is 0 Å². The summed E-state index contributed by atoms with van der Waals surface area (Å²) >= 11 is 0. The smallest absolute Gasteiger partial charge is 0.337 e. The minimum atomic E-state index is -0.309. The van der Waals surface area contributed by atoms with Crippen LogP contribution in [0.2, 0.25) is 0 Å². The Morgan fingerprint density at radius 3 is 2.50 bits per heavy atom. The van der Waals surface area contributed by atoms with E-state index in [1.807, 2.05) is 30.3 Å². The lowest BCUT2D eigenvalue weighted by atomic mass is 9.75. The number of aliphatic hydroxyl groups excluding tert-OH is 1. The lowest BCUT2D eigenvalue weighted by Crippen LogP contribution is -2.46. The third kappa shape index (κ3) is 4.51. The van der Waals surface area contributed by atoms with Crippen molar-refractivity contribution in [3.8, 4) is 0 Å². The average Bonchev–Trinajstić information content (AvgIpc) is 2.69. The molecular formula is C22H27NO3. The molecule has 1 aliphatic heterocycles. The first kappa shape index (κ1) is 18.6. The summed E-state index contributed by atoms with van der Waals surface area (Å²) in [6.07, 6.45) is 3.05. The van der Waals surface area contributed by atoms with Crippen LogP contribution in [-0.4, -0.2) is 42.8 Å². The third-order valence-electron chi connectivity index (χ3n) is 5.28. The molecule has 4 nitrogen and oxygen atoms in total. The molecule has 2 aromatic carbocycles. The van der Waals surface area contributed by atoms with Gasteiger partial charge in [0, 0.05) is 18.5 Å². The van der Waals surface area contributed by atoms with Gasteiger partial charge in [-0.1, -0.05) is 42.5 Å². The number of carbonyl (C=O) groups is 1. The third-order valence-corrected chi connectivity index (χ3v) is 5.28. The molecule has 1 saturated heterocycles. The van der Waals surface area contributed by atoms with Crippen molar-refractivity contribution in [2.45, 2.75) is 25.8 Å². The van der Waals surface area contributed by atoms with Crippen LogP contribution in [0.5, 0.6) is 0 Å². The van der Waals surface area contributed by atoms with E-state index in [0.29, 0.717) is 5.56 Å². The summed E-state index contributed by atoms with van der Waals surface area (Å²) in [7, 11) is 1.39. The standard InChI is InChI=1S/C22H27NO3/c1-26-21(25)20-10-8-19(9-11-20)15-23-13-5-12-22(16-23,17-24)14-18-6-3-2-4-7-18/h2-4,6-11,24H,5,12-17H2,1H3. The maximum Gasteiger partial charge on any atom is 0.337 e. The fourth-order valence-corrected chi connectivity index (χ4v) is 3.93. The van der Waals surface area contributed by atoms with Crippen molar-refractivity contribution in [2.75, 3.05) is 26.8 Å². The Hall–Kier alpha value is -2.17. The SMILES string of the molecule is COC(=O)c1ccc(CN2CCCC(CO)(Cc3ccccc3)C2)cc1. The fourth-order valence-electron chi connectivity index (χ4n) is 3.93. The molecule has 1 fully saturated rings. The van der Waals surface area contributed by atoms with Crippen LogP contribution in [0.3, 0.4) is 0 Å². The van der Waals surface area contributed by atoms with E-state index in [0.717, 1.165) is 38.9 Å². The van der Waals surface area contributed by atoms with E-state index in [1.165, 1.54) is 18.2 Å². The number of nitrogens with zero attached hydrogens (tertiary/aromatic N) is 1. The van der Waals surface area contributed by atoms with Gasteiger partial charge in [0.1, 0.15) is 0 Å². The zero-order chi connectivity index (χ0) is 18.4. The van der Waals surface area contributed by atoms with Gasteiger partial charge in [0.05, 0.1) is 19.3 Å². The number of carbonyl (C=O) groups excluding carboxylic acids is 1. The normalized spacial score (nSPS) is 20.7. The number of aliphatic hydroxyl groups is 1. The highest BCUT2D eigenvalue weighted by molar-refractivity contribution is 5.89. The highest BCUT2D eigenvalue weighted by Crippen LogP contribution is 2.34. The molecule has 4 heteroatoms. The van der Waals surface area contributed by atoms with E-state index < -0.39 is 0 Å². The summed E-state index contributed by atoms with van der Waals surface area (Å²) in [6, 6.07) is 18.0. The van der Waals surface area contributed by atoms with Crippen molar-refractivity contribution in [3.05, 3.63) is 71.3 Å². The first-order valence-electron chi connectivity index (χ1n) is 9.18. The Morgan fingerprint density at radius 1 is 1.12 bits per heavy atom. The first-order chi connectivity index (χ1) is 12.6. The molecule has 0 spiro atoms. The van der Waals surface area contributed by atoms with Crippen molar-refractivity contribution in [2.24, 2.45) is 5.41 Å². The topological polar surface area (TPSA) is 49.8 Å². The number of esters is 1. The average molecular weight is 353 g/mol. The van der Waals surface area contributed by atoms with E-state index in [9.17, 15) is 9.90 Å². The van der Waals surface area contributed by atoms with Crippen LogP contribution in [-0.2, 0) is 17.7 Å². The van der Waals surface area contributed by atoms with Gasteiger partial charge in [0.2, 0.25) is 0 Å². The molecule has 0 amide bonds. The predicted octanol–water partition coefficient (Wildman–Crippen LogP) is 3.29. The zero-order valence-electron chi connectivity index (χ0n) is 15.4. The molecule has 1 atom stereocenters. The molecule has 0 saturated carbocycles. The highest BCUT2D eigenvalue weighted by atomic mass is 16.5. The maximum atomic E-state index is 11.6. The van der Waals surface area contributed by atoms with E-state index in [1.54, 1.807) is 0 Å². The highest BCUT2D eigenvalue weighted by Gasteiger charge is 2.35. The maximum absolute atomic E-state index is 11.6. The molecule has 3 rings (SSSR count). The second-order valence-electron chi connectivity index (χ2n) is 7.32. The number of methoxy groups -OCH3 is 1. The van der Waals surface area contributed by atoms with Crippen LogP contribution in [0.15, 0.2) is 54.6 Å². The van der Waals surface area contributed by atoms with Crippen molar-refractivity contribution in [1.29, 1.82) is 0 Å². The summed E-state index contributed by atoms with van der Waals surface area (Å²) in [5.74, 6) is -0.309. The second-order valence-corrected chi connectivity index (χ2v) is 7.32. The number of likely N-dealkylation sites (tertiary alicyclic amines) is 1. The summed E-state index contributed by atoms with van der Waals surface area (Å²) < 4.78 is 4.75. The molecular weight excluding hydrogens is 326 g/mol. The molecule has 0 radical (unpaired) electrons. The van der Waals surface area contributed by atoms with Crippen molar-refractivity contribution in [3.63, 3.8) is 0 Å². The number of ether oxygens (including phenoxy) is 1. The molecule has 138 valence electrons. The molecule has 0 aromatic heterocycles. The van der Waals surface area contributed by atoms with Crippen LogP contribution in [0, 0.1) is 5.41 Å². The Labute approximate surface area is 155 Å². The van der Waals surface area contributed by atoms with E-state index >= 15 is 0 Å². The summed E-state index contributed by atoms with van der Waals surface area (Å²) in [4.78, 5) is 14.0. The monoisotopic (exact) mass is 353 g/mol. The van der Waals surface area contributed by atoms with Crippen molar-refractivity contribution >= 4 is 5.97 Å². The predicted molar refractivity (Wildman–Crippen MR) is 102 cm³/mol. The van der Waals surface area contributed by atoms with Gasteiger partial charge >= 0.3 is 5.97 Å². The van der Waals surface area contributed by atoms with Crippen molar-refractivity contribution < 1.29 is 14.6 Å². The van der Waals surface area contributed by atoms with Crippen LogP contribution >= 0.6 is 0 Å². The Bertz CT molecular complexity index is 714. The Balaban J connectivity index is 1.66. The summed E-state index contributed by atoms with van der Waals surface area (Å²) in [6.45, 7) is 2.96.